The van der Waals surface area contributed by atoms with E-state index in [2.05, 4.69) is 10.6 Å². The van der Waals surface area contributed by atoms with Gasteiger partial charge in [0.1, 0.15) is 0 Å². The van der Waals surface area contributed by atoms with Crippen molar-refractivity contribution >= 4 is 28.3 Å². The first kappa shape index (κ1) is 19.8. The number of nitrogens with one attached hydrogen (secondary N) is 2. The van der Waals surface area contributed by atoms with Crippen molar-refractivity contribution < 1.29 is 13.8 Å². The molecule has 0 saturated carbocycles. The maximum Gasteiger partial charge on any atom is 0.255 e. The van der Waals surface area contributed by atoms with Crippen LogP contribution in [0.4, 0.5) is 5.69 Å². The number of amides is 2. The van der Waals surface area contributed by atoms with Crippen LogP contribution < -0.4 is 10.6 Å². The summed E-state index contributed by atoms with van der Waals surface area (Å²) in [6.45, 7) is 6.54. The van der Waals surface area contributed by atoms with Gasteiger partial charge >= 0.3 is 0 Å². The highest BCUT2D eigenvalue weighted by atomic mass is 32.2. The van der Waals surface area contributed by atoms with Crippen LogP contribution in [0.3, 0.4) is 0 Å². The number of hydrogen-bond acceptors (Lipinski definition) is 3. The number of aryl methyl sites for hydroxylation is 1. The SMILES string of the molecule is Cc1cc(C(=O)NCC(C)C)ccc1NC(=O)c1ccc([S@](C)=O)cc1. The molecule has 0 saturated heterocycles. The molecule has 5 nitrogen and oxygen atoms in total. The molecule has 0 radical (unpaired) electrons. The molecule has 0 aliphatic carbocycles. The molecule has 0 aromatic heterocycles. The Balaban J connectivity index is 2.08. The number of hydrogen-bond donors (Lipinski definition) is 2. The van der Waals surface area contributed by atoms with Crippen molar-refractivity contribution in [2.45, 2.75) is 25.7 Å². The number of carbonyl (C=O) groups is 2. The highest BCUT2D eigenvalue weighted by Crippen LogP contribution is 2.18. The van der Waals surface area contributed by atoms with Gasteiger partial charge in [-0.3, -0.25) is 13.8 Å². The quantitative estimate of drug-likeness (QED) is 0.816. The maximum atomic E-state index is 12.4. The zero-order valence-corrected chi connectivity index (χ0v) is 16.3. The monoisotopic (exact) mass is 372 g/mol. The molecular formula is C20H24N2O3S. The molecule has 0 spiro atoms. The van der Waals surface area contributed by atoms with Gasteiger partial charge in [-0.25, -0.2) is 0 Å². The van der Waals surface area contributed by atoms with Crippen LogP contribution >= 0.6 is 0 Å². The van der Waals surface area contributed by atoms with Crippen LogP contribution in [0.15, 0.2) is 47.4 Å². The van der Waals surface area contributed by atoms with Crippen molar-refractivity contribution in [2.24, 2.45) is 5.92 Å². The Kier molecular flexibility index (Phi) is 6.69. The Morgan fingerprint density at radius 2 is 1.62 bits per heavy atom. The lowest BCUT2D eigenvalue weighted by Crippen LogP contribution is -2.27. The van der Waals surface area contributed by atoms with E-state index in [0.29, 0.717) is 34.2 Å². The van der Waals surface area contributed by atoms with E-state index in [9.17, 15) is 13.8 Å². The molecule has 0 unspecified atom stereocenters. The van der Waals surface area contributed by atoms with Gasteiger partial charge in [-0.1, -0.05) is 13.8 Å². The molecule has 6 heteroatoms. The molecule has 2 N–H and O–H groups in total. The average Bonchev–Trinajstić information content (AvgIpc) is 2.61. The van der Waals surface area contributed by atoms with Gasteiger partial charge in [-0.05, 0) is 60.9 Å². The van der Waals surface area contributed by atoms with Crippen LogP contribution in [-0.4, -0.2) is 28.8 Å². The van der Waals surface area contributed by atoms with Gasteiger partial charge in [-0.15, -0.1) is 0 Å². The molecule has 0 heterocycles. The number of anilines is 1. The summed E-state index contributed by atoms with van der Waals surface area (Å²) in [5, 5.41) is 5.72. The summed E-state index contributed by atoms with van der Waals surface area (Å²) in [6.07, 6.45) is 1.59. The summed E-state index contributed by atoms with van der Waals surface area (Å²) >= 11 is 0. The van der Waals surface area contributed by atoms with E-state index in [4.69, 9.17) is 0 Å². The summed E-state index contributed by atoms with van der Waals surface area (Å²) in [4.78, 5) is 25.2. The normalized spacial score (nSPS) is 11.9. The Morgan fingerprint density at radius 1 is 1.00 bits per heavy atom. The summed E-state index contributed by atoms with van der Waals surface area (Å²) in [5.74, 6) is 0.0107. The molecule has 0 bridgehead atoms. The lowest BCUT2D eigenvalue weighted by molar-refractivity contribution is 0.0948. The molecule has 1 atom stereocenters. The Bertz CT molecular complexity index is 829. The zero-order valence-electron chi connectivity index (χ0n) is 15.5. The van der Waals surface area contributed by atoms with Crippen LogP contribution in [-0.2, 0) is 10.8 Å². The molecule has 138 valence electrons. The smallest absolute Gasteiger partial charge is 0.255 e. The lowest BCUT2D eigenvalue weighted by atomic mass is 10.1. The van der Waals surface area contributed by atoms with E-state index in [1.54, 1.807) is 48.7 Å². The fraction of sp³-hybridized carbons (Fsp3) is 0.300. The minimum atomic E-state index is -1.07. The molecular weight excluding hydrogens is 348 g/mol. The fourth-order valence-electron chi connectivity index (χ4n) is 2.34. The van der Waals surface area contributed by atoms with E-state index >= 15 is 0 Å². The van der Waals surface area contributed by atoms with Gasteiger partial charge < -0.3 is 10.6 Å². The third-order valence-electron chi connectivity index (χ3n) is 3.86. The van der Waals surface area contributed by atoms with E-state index < -0.39 is 10.8 Å². The molecule has 2 aromatic rings. The van der Waals surface area contributed by atoms with Crippen LogP contribution in [0.1, 0.15) is 40.1 Å². The number of carbonyl (C=O) groups excluding carboxylic acids is 2. The minimum absolute atomic E-state index is 0.122. The molecule has 0 aliphatic heterocycles. The second-order valence-corrected chi connectivity index (χ2v) is 7.95. The van der Waals surface area contributed by atoms with E-state index in [-0.39, 0.29) is 11.8 Å². The van der Waals surface area contributed by atoms with Crippen LogP contribution in [0, 0.1) is 12.8 Å². The lowest BCUT2D eigenvalue weighted by Gasteiger charge is -2.12. The highest BCUT2D eigenvalue weighted by Gasteiger charge is 2.11. The van der Waals surface area contributed by atoms with Crippen LogP contribution in [0.2, 0.25) is 0 Å². The van der Waals surface area contributed by atoms with Crippen molar-refractivity contribution in [2.75, 3.05) is 18.1 Å². The topological polar surface area (TPSA) is 75.3 Å². The minimum Gasteiger partial charge on any atom is -0.352 e. The first-order chi connectivity index (χ1) is 12.3. The third-order valence-corrected chi connectivity index (χ3v) is 4.79. The summed E-state index contributed by atoms with van der Waals surface area (Å²) in [6, 6.07) is 11.8. The Labute approximate surface area is 156 Å². The first-order valence-corrected chi connectivity index (χ1v) is 9.97. The van der Waals surface area contributed by atoms with Crippen molar-refractivity contribution in [3.63, 3.8) is 0 Å². The predicted octanol–water partition coefficient (Wildman–Crippen LogP) is 3.37. The number of rotatable bonds is 6. The van der Waals surface area contributed by atoms with Gasteiger partial charge in [0.05, 0.1) is 0 Å². The molecule has 0 fully saturated rings. The molecule has 2 amide bonds. The van der Waals surface area contributed by atoms with Crippen molar-refractivity contribution in [3.05, 3.63) is 59.2 Å². The largest absolute Gasteiger partial charge is 0.352 e. The van der Waals surface area contributed by atoms with E-state index in [1.807, 2.05) is 20.8 Å². The predicted molar refractivity (Wildman–Crippen MR) is 105 cm³/mol. The molecule has 2 aromatic carbocycles. The second kappa shape index (κ2) is 8.76. The van der Waals surface area contributed by atoms with Gasteiger partial charge in [0, 0.05) is 45.3 Å². The molecule has 0 aliphatic rings. The van der Waals surface area contributed by atoms with Crippen molar-refractivity contribution in [1.82, 2.24) is 5.32 Å². The Hall–Kier alpha value is -2.47. The van der Waals surface area contributed by atoms with Gasteiger partial charge in [0.15, 0.2) is 0 Å². The summed E-state index contributed by atoms with van der Waals surface area (Å²) in [7, 11) is -1.07. The standard InChI is InChI=1S/C20H24N2O3S/c1-13(2)12-21-19(23)16-7-10-18(14(3)11-16)22-20(24)15-5-8-17(9-6-15)26(4)25/h5-11,13H,12H2,1-4H3,(H,21,23)(H,22,24)/t26-/m0/s1. The van der Waals surface area contributed by atoms with Gasteiger partial charge in [0.2, 0.25) is 0 Å². The third kappa shape index (κ3) is 5.26. The van der Waals surface area contributed by atoms with Crippen LogP contribution in [0.5, 0.6) is 0 Å². The Morgan fingerprint density at radius 3 is 2.15 bits per heavy atom. The fourth-order valence-corrected chi connectivity index (χ4v) is 2.86. The molecule has 26 heavy (non-hydrogen) atoms. The second-order valence-electron chi connectivity index (χ2n) is 6.57. The first-order valence-electron chi connectivity index (χ1n) is 8.41. The van der Waals surface area contributed by atoms with Gasteiger partial charge in [0.25, 0.3) is 11.8 Å². The molecule has 2 rings (SSSR count). The van der Waals surface area contributed by atoms with Crippen molar-refractivity contribution in [1.29, 1.82) is 0 Å². The summed E-state index contributed by atoms with van der Waals surface area (Å²) < 4.78 is 11.4. The van der Waals surface area contributed by atoms with E-state index in [0.717, 1.165) is 5.56 Å². The van der Waals surface area contributed by atoms with Crippen molar-refractivity contribution in [3.8, 4) is 0 Å². The average molecular weight is 372 g/mol. The maximum absolute atomic E-state index is 12.4. The zero-order chi connectivity index (χ0) is 19.3. The van der Waals surface area contributed by atoms with E-state index in [1.165, 1.54) is 0 Å². The summed E-state index contributed by atoms with van der Waals surface area (Å²) in [5.41, 5.74) is 2.51. The van der Waals surface area contributed by atoms with Gasteiger partial charge in [-0.2, -0.15) is 0 Å². The highest BCUT2D eigenvalue weighted by molar-refractivity contribution is 7.84. The number of benzene rings is 2. The van der Waals surface area contributed by atoms with Crippen LogP contribution in [0.25, 0.3) is 0 Å².